The van der Waals surface area contributed by atoms with Crippen molar-refractivity contribution < 1.29 is 65.1 Å². The van der Waals surface area contributed by atoms with Gasteiger partial charge in [0.15, 0.2) is 0 Å². The highest BCUT2D eigenvalue weighted by Gasteiger charge is 2.27. The van der Waals surface area contributed by atoms with Gasteiger partial charge in [-0.15, -0.1) is 0 Å². The first-order chi connectivity index (χ1) is 34.6. The van der Waals surface area contributed by atoms with E-state index in [4.69, 9.17) is 50.8 Å². The Bertz CT molecular complexity index is 1750. The normalized spacial score (nSPS) is 14.0. The van der Waals surface area contributed by atoms with E-state index in [0.29, 0.717) is 45.9 Å². The molecule has 0 amide bonds. The fourth-order valence-corrected chi connectivity index (χ4v) is 8.95. The zero-order valence-corrected chi connectivity index (χ0v) is 46.1. The van der Waals surface area contributed by atoms with Gasteiger partial charge in [0.05, 0.1) is 59.5 Å². The number of aliphatic hydroxyl groups excluding tert-OH is 1. The Balaban J connectivity index is 0.000000497. The molecular weight excluding hydrogens is 947 g/mol. The molecule has 406 valence electrons. The van der Waals surface area contributed by atoms with E-state index in [1.807, 2.05) is 68.4 Å². The van der Waals surface area contributed by atoms with Crippen molar-refractivity contribution >= 4 is 15.6 Å². The highest BCUT2D eigenvalue weighted by Crippen LogP contribution is 2.49. The molecule has 0 saturated carbocycles. The molecule has 0 aliphatic carbocycles. The van der Waals surface area contributed by atoms with E-state index in [-0.39, 0.29) is 26.4 Å². The number of phosphoric acid groups is 2. The number of rotatable bonds is 45. The molecule has 0 aliphatic heterocycles. The summed E-state index contributed by atoms with van der Waals surface area (Å²) in [6, 6.07) is 26.4. The molecule has 0 heterocycles. The summed E-state index contributed by atoms with van der Waals surface area (Å²) in [5.74, 6) is 1.84. The number of ether oxygens (including phenoxy) is 5. The van der Waals surface area contributed by atoms with Crippen LogP contribution in [0.3, 0.4) is 0 Å². The third-order valence-corrected chi connectivity index (χ3v) is 13.9. The Labute approximate surface area is 428 Å². The predicted octanol–water partition coefficient (Wildman–Crippen LogP) is 14.1. The zero-order valence-electron chi connectivity index (χ0n) is 44.3. The molecule has 3 aromatic rings. The Morgan fingerprint density at radius 1 is 0.437 bits per heavy atom. The summed E-state index contributed by atoms with van der Waals surface area (Å²) >= 11 is 0. The van der Waals surface area contributed by atoms with Gasteiger partial charge < -0.3 is 28.8 Å². The number of hydrogen-bond donors (Lipinski definition) is 1. The molecule has 0 radical (unpaired) electrons. The van der Waals surface area contributed by atoms with E-state index in [1.165, 1.54) is 89.6 Å². The number of phosphoric ester groups is 2. The van der Waals surface area contributed by atoms with Crippen molar-refractivity contribution in [3.8, 4) is 11.5 Å². The van der Waals surface area contributed by atoms with Gasteiger partial charge in [-0.3, -0.25) is 27.1 Å². The highest BCUT2D eigenvalue weighted by molar-refractivity contribution is 7.48. The first-order valence-corrected chi connectivity index (χ1v) is 29.4. The maximum absolute atomic E-state index is 12.6. The monoisotopic (exact) mass is 1040 g/mol. The van der Waals surface area contributed by atoms with Gasteiger partial charge in [0.2, 0.25) is 0 Å². The van der Waals surface area contributed by atoms with Crippen molar-refractivity contribution in [3.63, 3.8) is 0 Å². The van der Waals surface area contributed by atoms with Crippen LogP contribution in [-0.2, 0) is 69.9 Å². The van der Waals surface area contributed by atoms with Gasteiger partial charge in [0.25, 0.3) is 0 Å². The van der Waals surface area contributed by atoms with Crippen LogP contribution < -0.4 is 9.47 Å². The molecule has 16 heteroatoms. The summed E-state index contributed by atoms with van der Waals surface area (Å²) in [6.07, 6.45) is 18.7. The minimum absolute atomic E-state index is 0.0435. The quantitative estimate of drug-likeness (QED) is 0.0421. The molecule has 4 atom stereocenters. The zero-order chi connectivity index (χ0) is 51.5. The Morgan fingerprint density at radius 3 is 1.35 bits per heavy atom. The van der Waals surface area contributed by atoms with Crippen molar-refractivity contribution in [2.24, 2.45) is 0 Å². The lowest BCUT2D eigenvalue weighted by atomic mass is 10.1. The Morgan fingerprint density at radius 2 is 0.887 bits per heavy atom. The van der Waals surface area contributed by atoms with Crippen LogP contribution in [0.2, 0.25) is 0 Å². The molecular formula is C55H92O14P2. The van der Waals surface area contributed by atoms with Crippen molar-refractivity contribution in [1.82, 2.24) is 0 Å². The number of aryl methyl sites for hydroxylation is 2. The van der Waals surface area contributed by atoms with E-state index >= 15 is 0 Å². The third-order valence-electron chi connectivity index (χ3n) is 11.0. The number of hydrogen-bond acceptors (Lipinski definition) is 14. The SMILES string of the molecule is CCCCCCCCOc1ccc(CCCOC[C@@H](COP(=O)(OC)OCCC)OCc2ccccc2)cc1.CCCCCCCCOc1ccc(CCCOC[C@H](O)COP(=O)(OC)OCCC)cc1. The average molecular weight is 1040 g/mol. The summed E-state index contributed by atoms with van der Waals surface area (Å²) in [6.45, 7) is 12.2. The van der Waals surface area contributed by atoms with Crippen LogP contribution >= 0.6 is 15.6 Å². The van der Waals surface area contributed by atoms with Crippen LogP contribution in [0.5, 0.6) is 11.5 Å². The number of benzene rings is 3. The van der Waals surface area contributed by atoms with E-state index in [0.717, 1.165) is 68.8 Å². The second kappa shape index (κ2) is 42.7. The van der Waals surface area contributed by atoms with Gasteiger partial charge in [-0.2, -0.15) is 0 Å². The number of unbranched alkanes of at least 4 members (excludes halogenated alkanes) is 10. The minimum atomic E-state index is -3.62. The summed E-state index contributed by atoms with van der Waals surface area (Å²) in [5, 5.41) is 9.93. The fraction of sp³-hybridized carbons (Fsp3) is 0.673. The second-order valence-corrected chi connectivity index (χ2v) is 21.0. The van der Waals surface area contributed by atoms with Crippen molar-refractivity contribution in [2.75, 3.05) is 80.3 Å². The van der Waals surface area contributed by atoms with E-state index < -0.39 is 27.9 Å². The molecule has 2 unspecified atom stereocenters. The predicted molar refractivity (Wildman–Crippen MR) is 284 cm³/mol. The topological polar surface area (TPSA) is 156 Å². The summed E-state index contributed by atoms with van der Waals surface area (Å²) in [5.41, 5.74) is 3.51. The lowest BCUT2D eigenvalue weighted by Crippen LogP contribution is -2.26. The molecule has 0 aromatic heterocycles. The molecule has 71 heavy (non-hydrogen) atoms. The minimum Gasteiger partial charge on any atom is -0.494 e. The van der Waals surface area contributed by atoms with E-state index in [9.17, 15) is 14.2 Å². The lowest BCUT2D eigenvalue weighted by molar-refractivity contribution is -0.0512. The molecule has 0 saturated heterocycles. The van der Waals surface area contributed by atoms with Crippen molar-refractivity contribution in [2.45, 2.75) is 162 Å². The fourth-order valence-electron chi connectivity index (χ4n) is 6.86. The van der Waals surface area contributed by atoms with Crippen LogP contribution in [0.1, 0.15) is 147 Å². The summed E-state index contributed by atoms with van der Waals surface area (Å²) < 4.78 is 84.6. The number of aliphatic hydroxyl groups is 1. The summed E-state index contributed by atoms with van der Waals surface area (Å²) in [4.78, 5) is 0. The molecule has 1 N–H and O–H groups in total. The van der Waals surface area contributed by atoms with Gasteiger partial charge in [0.1, 0.15) is 23.7 Å². The molecule has 14 nitrogen and oxygen atoms in total. The van der Waals surface area contributed by atoms with E-state index in [1.54, 1.807) is 0 Å². The molecule has 0 spiro atoms. The van der Waals surface area contributed by atoms with Gasteiger partial charge in [-0.1, -0.05) is 147 Å². The summed E-state index contributed by atoms with van der Waals surface area (Å²) in [7, 11) is -4.64. The average Bonchev–Trinajstić information content (AvgIpc) is 3.40. The van der Waals surface area contributed by atoms with Gasteiger partial charge >= 0.3 is 15.6 Å². The largest absolute Gasteiger partial charge is 0.494 e. The van der Waals surface area contributed by atoms with Crippen molar-refractivity contribution in [1.29, 1.82) is 0 Å². The third kappa shape index (κ3) is 33.7. The van der Waals surface area contributed by atoms with Crippen LogP contribution in [0, 0.1) is 0 Å². The smallest absolute Gasteiger partial charge is 0.474 e. The molecule has 0 aliphatic rings. The maximum Gasteiger partial charge on any atom is 0.474 e. The standard InChI is InChI=1S/C31H49O7P.C24H43O7P/c1-4-6-7-8-9-13-24-35-30-20-18-28(19-21-30)17-14-23-34-26-31(36-25-29-15-11-10-12-16-29)27-38-39(32,33-3)37-22-5-2;1-4-6-7-8-9-10-19-29-24-15-13-22(14-16-24)12-11-18-28-20-23(25)21-31-32(26,27-3)30-17-5-2/h10-12,15-16,18-21,31H,4-9,13-14,17,22-27H2,1-3H3;13-16,23,25H,4-12,17-21H2,1-3H3/t31-,39?;23-,32?/m00/s1. The second-order valence-electron chi connectivity index (χ2n) is 17.5. The van der Waals surface area contributed by atoms with Crippen molar-refractivity contribution in [3.05, 3.63) is 95.6 Å². The van der Waals surface area contributed by atoms with Crippen LogP contribution in [0.4, 0.5) is 0 Å². The molecule has 0 fully saturated rings. The highest BCUT2D eigenvalue weighted by atomic mass is 31.2. The first kappa shape index (κ1) is 64.4. The molecule has 3 aromatic carbocycles. The van der Waals surface area contributed by atoms with E-state index in [2.05, 4.69) is 38.1 Å². The van der Waals surface area contributed by atoms with Gasteiger partial charge in [0, 0.05) is 27.4 Å². The van der Waals surface area contributed by atoms with Crippen LogP contribution in [0.25, 0.3) is 0 Å². The molecule has 3 rings (SSSR count). The molecule has 0 bridgehead atoms. The van der Waals surface area contributed by atoms with Crippen LogP contribution in [-0.4, -0.2) is 97.6 Å². The Hall–Kier alpha value is -2.68. The maximum atomic E-state index is 12.6. The van der Waals surface area contributed by atoms with Gasteiger partial charge in [-0.25, -0.2) is 9.13 Å². The van der Waals surface area contributed by atoms with Crippen LogP contribution in [0.15, 0.2) is 78.9 Å². The van der Waals surface area contributed by atoms with Gasteiger partial charge in [-0.05, 0) is 92.3 Å². The Kier molecular flexibility index (Phi) is 38.7. The first-order valence-electron chi connectivity index (χ1n) is 26.4. The lowest BCUT2D eigenvalue weighted by Gasteiger charge is -2.21.